The van der Waals surface area contributed by atoms with Crippen molar-refractivity contribution < 1.29 is 14.6 Å². The molecule has 0 aromatic heterocycles. The fraction of sp³-hybridized carbons (Fsp3) is 0.471. The van der Waals surface area contributed by atoms with Crippen LogP contribution in [0.1, 0.15) is 24.8 Å². The third-order valence-corrected chi connectivity index (χ3v) is 3.96. The van der Waals surface area contributed by atoms with Gasteiger partial charge < -0.3 is 9.84 Å². The van der Waals surface area contributed by atoms with Crippen LogP contribution in [0.15, 0.2) is 36.4 Å². The van der Waals surface area contributed by atoms with Crippen LogP contribution >= 0.6 is 0 Å². The number of hydrogen-bond acceptors (Lipinski definition) is 4. The molecule has 2 atom stereocenters. The molecule has 21 heavy (non-hydrogen) atoms. The third kappa shape index (κ3) is 4.69. The van der Waals surface area contributed by atoms with Crippen LogP contribution in [0, 0.1) is 0 Å². The monoisotopic (exact) mass is 289 g/mol. The molecular weight excluding hydrogens is 266 g/mol. The van der Waals surface area contributed by atoms with Gasteiger partial charge in [0.25, 0.3) is 0 Å². The Labute approximate surface area is 126 Å². The standard InChI is InChI=1S/C17H23NO3/c1-18-15(8-7-14-5-3-2-4-6-14)9-10-16(18)13-17(20)21-12-11-19/h2-8,15-16,19H,9-13H2,1H3/b8-7+/t15-,16-/m1/s1. The SMILES string of the molecule is CN1[C@@H](CC(=O)OCCO)CC[C@H]1/C=C/c1ccccc1. The van der Waals surface area contributed by atoms with Gasteiger partial charge in [-0.05, 0) is 25.5 Å². The highest BCUT2D eigenvalue weighted by atomic mass is 16.5. The van der Waals surface area contributed by atoms with Gasteiger partial charge in [0, 0.05) is 12.1 Å². The second kappa shape index (κ2) is 7.96. The summed E-state index contributed by atoms with van der Waals surface area (Å²) in [4.78, 5) is 13.8. The maximum Gasteiger partial charge on any atom is 0.307 e. The molecule has 4 nitrogen and oxygen atoms in total. The molecule has 0 amide bonds. The number of carbonyl (C=O) groups excluding carboxylic acids is 1. The normalized spacial score (nSPS) is 22.8. The molecule has 0 aliphatic carbocycles. The summed E-state index contributed by atoms with van der Waals surface area (Å²) in [7, 11) is 2.05. The molecule has 0 saturated carbocycles. The van der Waals surface area contributed by atoms with E-state index in [1.165, 1.54) is 5.56 Å². The number of rotatable bonds is 6. The zero-order chi connectivity index (χ0) is 15.1. The van der Waals surface area contributed by atoms with E-state index in [-0.39, 0.29) is 25.2 Å². The number of nitrogens with zero attached hydrogens (tertiary/aromatic N) is 1. The largest absolute Gasteiger partial charge is 0.463 e. The number of esters is 1. The summed E-state index contributed by atoms with van der Waals surface area (Å²) < 4.78 is 4.93. The topological polar surface area (TPSA) is 49.8 Å². The van der Waals surface area contributed by atoms with E-state index in [9.17, 15) is 4.79 Å². The molecule has 1 aromatic rings. The lowest BCUT2D eigenvalue weighted by atomic mass is 10.1. The summed E-state index contributed by atoms with van der Waals surface area (Å²) in [5.74, 6) is -0.228. The smallest absolute Gasteiger partial charge is 0.307 e. The second-order valence-electron chi connectivity index (χ2n) is 5.38. The molecule has 1 fully saturated rings. The van der Waals surface area contributed by atoms with Crippen LogP contribution in [0.2, 0.25) is 0 Å². The van der Waals surface area contributed by atoms with E-state index in [4.69, 9.17) is 9.84 Å². The van der Waals surface area contributed by atoms with Crippen LogP contribution in [-0.4, -0.2) is 48.3 Å². The van der Waals surface area contributed by atoms with E-state index in [1.54, 1.807) is 0 Å². The minimum atomic E-state index is -0.228. The van der Waals surface area contributed by atoms with Crippen molar-refractivity contribution in [2.45, 2.75) is 31.3 Å². The first-order chi connectivity index (χ1) is 10.2. The van der Waals surface area contributed by atoms with Crippen LogP contribution in [-0.2, 0) is 9.53 Å². The highest BCUT2D eigenvalue weighted by Crippen LogP contribution is 2.26. The molecule has 1 aliphatic rings. The molecule has 4 heteroatoms. The number of ether oxygens (including phenoxy) is 1. The first-order valence-corrected chi connectivity index (χ1v) is 7.42. The van der Waals surface area contributed by atoms with Crippen molar-refractivity contribution in [3.8, 4) is 0 Å². The molecule has 1 saturated heterocycles. The molecule has 0 bridgehead atoms. The molecule has 1 aromatic carbocycles. The van der Waals surface area contributed by atoms with E-state index in [0.29, 0.717) is 12.5 Å². The van der Waals surface area contributed by atoms with Crippen molar-refractivity contribution in [3.63, 3.8) is 0 Å². The lowest BCUT2D eigenvalue weighted by molar-refractivity contribution is -0.145. The van der Waals surface area contributed by atoms with E-state index in [2.05, 4.69) is 36.2 Å². The summed E-state index contributed by atoms with van der Waals surface area (Å²) in [5, 5.41) is 8.65. The first kappa shape index (κ1) is 15.7. The molecule has 2 rings (SSSR count). The molecule has 0 radical (unpaired) electrons. The number of benzene rings is 1. The Kier molecular flexibility index (Phi) is 5.96. The van der Waals surface area contributed by atoms with Gasteiger partial charge in [0.15, 0.2) is 0 Å². The predicted octanol–water partition coefficient (Wildman–Crippen LogP) is 2.09. The average molecular weight is 289 g/mol. The number of hydrogen-bond donors (Lipinski definition) is 1. The van der Waals surface area contributed by atoms with Gasteiger partial charge in [-0.1, -0.05) is 42.5 Å². The van der Waals surface area contributed by atoms with E-state index in [1.807, 2.05) is 18.2 Å². The van der Waals surface area contributed by atoms with E-state index >= 15 is 0 Å². The zero-order valence-corrected chi connectivity index (χ0v) is 12.4. The van der Waals surface area contributed by atoms with E-state index in [0.717, 1.165) is 12.8 Å². The molecule has 0 unspecified atom stereocenters. The Bertz CT molecular complexity index is 472. The van der Waals surface area contributed by atoms with Gasteiger partial charge in [-0.3, -0.25) is 9.69 Å². The molecule has 1 aliphatic heterocycles. The Morgan fingerprint density at radius 1 is 1.38 bits per heavy atom. The van der Waals surface area contributed by atoms with Crippen molar-refractivity contribution in [1.29, 1.82) is 0 Å². The Morgan fingerprint density at radius 2 is 2.14 bits per heavy atom. The minimum Gasteiger partial charge on any atom is -0.463 e. The summed E-state index contributed by atoms with van der Waals surface area (Å²) in [6.07, 6.45) is 6.78. The molecule has 1 N–H and O–H groups in total. The Balaban J connectivity index is 1.85. The van der Waals surface area contributed by atoms with Crippen LogP contribution < -0.4 is 0 Å². The summed E-state index contributed by atoms with van der Waals surface area (Å²) >= 11 is 0. The van der Waals surface area contributed by atoms with Crippen molar-refractivity contribution in [2.75, 3.05) is 20.3 Å². The lowest BCUT2D eigenvalue weighted by Gasteiger charge is -2.23. The molecular formula is C17H23NO3. The van der Waals surface area contributed by atoms with Crippen LogP contribution in [0.4, 0.5) is 0 Å². The maximum absolute atomic E-state index is 11.6. The number of likely N-dealkylation sites (tertiary alicyclic amines) is 1. The van der Waals surface area contributed by atoms with Crippen LogP contribution in [0.25, 0.3) is 6.08 Å². The summed E-state index contributed by atoms with van der Waals surface area (Å²) in [5.41, 5.74) is 1.19. The number of carbonyl (C=O) groups is 1. The maximum atomic E-state index is 11.6. The molecule has 1 heterocycles. The quantitative estimate of drug-likeness (QED) is 0.815. The van der Waals surface area contributed by atoms with Crippen LogP contribution in [0.5, 0.6) is 0 Å². The summed E-state index contributed by atoms with van der Waals surface area (Å²) in [6.45, 7) is -0.0265. The third-order valence-electron chi connectivity index (χ3n) is 3.96. The van der Waals surface area contributed by atoms with Crippen molar-refractivity contribution >= 4 is 12.0 Å². The van der Waals surface area contributed by atoms with Crippen molar-refractivity contribution in [2.24, 2.45) is 0 Å². The van der Waals surface area contributed by atoms with Crippen molar-refractivity contribution in [1.82, 2.24) is 4.90 Å². The summed E-state index contributed by atoms with van der Waals surface area (Å²) in [6, 6.07) is 10.8. The zero-order valence-electron chi connectivity index (χ0n) is 12.4. The lowest BCUT2D eigenvalue weighted by Crippen LogP contribution is -2.33. The predicted molar refractivity (Wildman–Crippen MR) is 82.7 cm³/mol. The highest BCUT2D eigenvalue weighted by molar-refractivity contribution is 5.70. The first-order valence-electron chi connectivity index (χ1n) is 7.42. The Hall–Kier alpha value is -1.65. The van der Waals surface area contributed by atoms with Gasteiger partial charge in [0.2, 0.25) is 0 Å². The van der Waals surface area contributed by atoms with Gasteiger partial charge in [0.05, 0.1) is 13.0 Å². The fourth-order valence-corrected chi connectivity index (χ4v) is 2.72. The van der Waals surface area contributed by atoms with Crippen LogP contribution in [0.3, 0.4) is 0 Å². The minimum absolute atomic E-state index is 0.0899. The van der Waals surface area contributed by atoms with E-state index < -0.39 is 0 Å². The highest BCUT2D eigenvalue weighted by Gasteiger charge is 2.30. The number of aliphatic hydroxyl groups is 1. The molecule has 114 valence electrons. The second-order valence-corrected chi connectivity index (χ2v) is 5.38. The van der Waals surface area contributed by atoms with Crippen molar-refractivity contribution in [3.05, 3.63) is 42.0 Å². The Morgan fingerprint density at radius 3 is 2.86 bits per heavy atom. The van der Waals surface area contributed by atoms with Gasteiger partial charge in [0.1, 0.15) is 6.61 Å². The van der Waals surface area contributed by atoms with Gasteiger partial charge in [-0.15, -0.1) is 0 Å². The fourth-order valence-electron chi connectivity index (χ4n) is 2.72. The van der Waals surface area contributed by atoms with Gasteiger partial charge >= 0.3 is 5.97 Å². The van der Waals surface area contributed by atoms with Gasteiger partial charge in [-0.25, -0.2) is 0 Å². The van der Waals surface area contributed by atoms with Gasteiger partial charge in [-0.2, -0.15) is 0 Å². The molecule has 0 spiro atoms. The average Bonchev–Trinajstić information content (AvgIpc) is 2.85. The number of aliphatic hydroxyl groups excluding tert-OH is 1. The number of likely N-dealkylation sites (N-methyl/N-ethyl adjacent to an activating group) is 1.